The van der Waals surface area contributed by atoms with Crippen molar-refractivity contribution in [2.45, 2.75) is 33.2 Å². The van der Waals surface area contributed by atoms with Crippen molar-refractivity contribution in [3.63, 3.8) is 0 Å². The topological polar surface area (TPSA) is 79.5 Å². The number of amides is 2. The van der Waals surface area contributed by atoms with E-state index in [0.29, 0.717) is 13.2 Å². The van der Waals surface area contributed by atoms with Gasteiger partial charge in [0.1, 0.15) is 0 Å². The predicted octanol–water partition coefficient (Wildman–Crippen LogP) is 1.91. The van der Waals surface area contributed by atoms with E-state index in [1.807, 2.05) is 38.1 Å². The highest BCUT2D eigenvalue weighted by molar-refractivity contribution is 5.92. The highest BCUT2D eigenvalue weighted by atomic mass is 16.5. The van der Waals surface area contributed by atoms with Crippen molar-refractivity contribution >= 4 is 17.5 Å². The maximum absolute atomic E-state index is 12.7. The molecule has 25 heavy (non-hydrogen) atoms. The normalized spacial score (nSPS) is 16.5. The van der Waals surface area contributed by atoms with Crippen molar-refractivity contribution in [3.05, 3.63) is 29.8 Å². The molecule has 1 aromatic carbocycles. The Morgan fingerprint density at radius 3 is 2.40 bits per heavy atom. The van der Waals surface area contributed by atoms with Gasteiger partial charge in [-0.25, -0.2) is 0 Å². The van der Waals surface area contributed by atoms with Crippen molar-refractivity contribution in [2.24, 2.45) is 11.3 Å². The van der Waals surface area contributed by atoms with Gasteiger partial charge in [-0.15, -0.1) is 0 Å². The van der Waals surface area contributed by atoms with E-state index in [1.165, 1.54) is 0 Å². The Kier molecular flexibility index (Phi) is 6.96. The summed E-state index contributed by atoms with van der Waals surface area (Å²) in [5.74, 6) is -0.0116. The van der Waals surface area contributed by atoms with Crippen molar-refractivity contribution in [2.75, 3.05) is 32.1 Å². The van der Waals surface area contributed by atoms with Crippen molar-refractivity contribution in [3.8, 4) is 0 Å². The molecular weight excluding hydrogens is 318 g/mol. The summed E-state index contributed by atoms with van der Waals surface area (Å²) in [6, 6.07) is 7.55. The fourth-order valence-electron chi connectivity index (χ4n) is 2.98. The minimum Gasteiger partial charge on any atom is -0.384 e. The molecule has 1 saturated heterocycles. The molecule has 0 aromatic heterocycles. The molecule has 138 valence electrons. The zero-order valence-electron chi connectivity index (χ0n) is 15.4. The monoisotopic (exact) mass is 347 g/mol. The molecule has 6 nitrogen and oxygen atoms in total. The summed E-state index contributed by atoms with van der Waals surface area (Å²) >= 11 is 0. The van der Waals surface area contributed by atoms with Crippen LogP contribution in [0.2, 0.25) is 0 Å². The van der Waals surface area contributed by atoms with Crippen molar-refractivity contribution in [1.29, 1.82) is 0 Å². The first-order valence-corrected chi connectivity index (χ1v) is 8.84. The standard InChI is InChI=1S/C19H29N3O3/c1-14(2)17(23)22-16-6-4-15(5-7-16)12-21-18(24)19(13-25-3)8-10-20-11-9-19/h4-7,14,20H,8-13H2,1-3H3,(H,21,24)(H,22,23). The molecule has 2 amide bonds. The second-order valence-corrected chi connectivity index (χ2v) is 6.99. The lowest BCUT2D eigenvalue weighted by molar-refractivity contribution is -0.136. The summed E-state index contributed by atoms with van der Waals surface area (Å²) in [5, 5.41) is 9.18. The van der Waals surface area contributed by atoms with E-state index in [2.05, 4.69) is 16.0 Å². The number of anilines is 1. The van der Waals surface area contributed by atoms with Crippen molar-refractivity contribution < 1.29 is 14.3 Å². The van der Waals surface area contributed by atoms with E-state index in [9.17, 15) is 9.59 Å². The van der Waals surface area contributed by atoms with E-state index in [1.54, 1.807) is 7.11 Å². The van der Waals surface area contributed by atoms with Crippen molar-refractivity contribution in [1.82, 2.24) is 10.6 Å². The lowest BCUT2D eigenvalue weighted by Crippen LogP contribution is -2.49. The minimum atomic E-state index is -0.439. The molecule has 2 rings (SSSR count). The summed E-state index contributed by atoms with van der Waals surface area (Å²) in [5.41, 5.74) is 1.32. The van der Waals surface area contributed by atoms with Gasteiger partial charge in [0.05, 0.1) is 12.0 Å². The molecule has 6 heteroatoms. The summed E-state index contributed by atoms with van der Waals surface area (Å²) in [6.07, 6.45) is 1.57. The van der Waals surface area contributed by atoms with Crippen LogP contribution < -0.4 is 16.0 Å². The van der Waals surface area contributed by atoms with Gasteiger partial charge < -0.3 is 20.7 Å². The molecular formula is C19H29N3O3. The number of benzene rings is 1. The zero-order valence-corrected chi connectivity index (χ0v) is 15.4. The lowest BCUT2D eigenvalue weighted by atomic mass is 9.78. The van der Waals surface area contributed by atoms with E-state index in [0.717, 1.165) is 37.2 Å². The molecule has 0 unspecified atom stereocenters. The molecule has 1 aromatic rings. The SMILES string of the molecule is COCC1(C(=O)NCc2ccc(NC(=O)C(C)C)cc2)CCNCC1. The summed E-state index contributed by atoms with van der Waals surface area (Å²) in [6.45, 7) is 6.30. The van der Waals surface area contributed by atoms with Crippen LogP contribution in [0.1, 0.15) is 32.3 Å². The van der Waals surface area contributed by atoms with Gasteiger partial charge in [0, 0.05) is 25.3 Å². The Bertz CT molecular complexity index is 573. The number of ether oxygens (including phenoxy) is 1. The number of methoxy groups -OCH3 is 1. The largest absolute Gasteiger partial charge is 0.384 e. The van der Waals surface area contributed by atoms with Crippen LogP contribution in [0.5, 0.6) is 0 Å². The fraction of sp³-hybridized carbons (Fsp3) is 0.579. The molecule has 0 bridgehead atoms. The van der Waals surface area contributed by atoms with E-state index >= 15 is 0 Å². The third-order valence-corrected chi connectivity index (χ3v) is 4.66. The maximum Gasteiger partial charge on any atom is 0.228 e. The van der Waals surface area contributed by atoms with E-state index in [4.69, 9.17) is 4.74 Å². The number of hydrogen-bond donors (Lipinski definition) is 3. The summed E-state index contributed by atoms with van der Waals surface area (Å²) in [7, 11) is 1.64. The number of hydrogen-bond acceptors (Lipinski definition) is 4. The third-order valence-electron chi connectivity index (χ3n) is 4.66. The molecule has 1 heterocycles. The van der Waals surface area contributed by atoms with Crippen LogP contribution in [0, 0.1) is 11.3 Å². The van der Waals surface area contributed by atoms with Crippen LogP contribution in [0.3, 0.4) is 0 Å². The van der Waals surface area contributed by atoms with E-state index in [-0.39, 0.29) is 17.7 Å². The number of rotatable bonds is 7. The third kappa shape index (κ3) is 5.28. The average Bonchev–Trinajstić information content (AvgIpc) is 2.61. The number of carbonyl (C=O) groups excluding carboxylic acids is 2. The molecule has 1 aliphatic rings. The van der Waals surface area contributed by atoms with Crippen LogP contribution >= 0.6 is 0 Å². The van der Waals surface area contributed by atoms with Gasteiger partial charge in [0.25, 0.3) is 0 Å². The number of carbonyl (C=O) groups is 2. The first-order chi connectivity index (χ1) is 12.0. The first-order valence-electron chi connectivity index (χ1n) is 8.84. The lowest BCUT2D eigenvalue weighted by Gasteiger charge is -2.35. The summed E-state index contributed by atoms with van der Waals surface area (Å²) < 4.78 is 5.30. The smallest absolute Gasteiger partial charge is 0.228 e. The van der Waals surface area contributed by atoms with Gasteiger partial charge in [-0.2, -0.15) is 0 Å². The Morgan fingerprint density at radius 2 is 1.84 bits per heavy atom. The average molecular weight is 347 g/mol. The van der Waals surface area contributed by atoms with Crippen LogP contribution in [0.4, 0.5) is 5.69 Å². The Morgan fingerprint density at radius 1 is 1.20 bits per heavy atom. The molecule has 0 spiro atoms. The minimum absolute atomic E-state index is 0.00605. The first kappa shape index (κ1) is 19.4. The van der Waals surface area contributed by atoms with Crippen LogP contribution in [0.25, 0.3) is 0 Å². The quantitative estimate of drug-likeness (QED) is 0.704. The molecule has 0 radical (unpaired) electrons. The molecule has 0 atom stereocenters. The zero-order chi connectivity index (χ0) is 18.3. The predicted molar refractivity (Wildman–Crippen MR) is 98.2 cm³/mol. The van der Waals surface area contributed by atoms with Crippen LogP contribution in [-0.2, 0) is 20.9 Å². The van der Waals surface area contributed by atoms with Gasteiger partial charge in [0.15, 0.2) is 0 Å². The van der Waals surface area contributed by atoms with Gasteiger partial charge in [-0.05, 0) is 43.6 Å². The molecule has 3 N–H and O–H groups in total. The van der Waals surface area contributed by atoms with Crippen LogP contribution in [-0.4, -0.2) is 38.6 Å². The van der Waals surface area contributed by atoms with Crippen LogP contribution in [0.15, 0.2) is 24.3 Å². The van der Waals surface area contributed by atoms with Gasteiger partial charge in [0.2, 0.25) is 11.8 Å². The Balaban J connectivity index is 1.91. The Hall–Kier alpha value is -1.92. The Labute approximate surface area is 149 Å². The highest BCUT2D eigenvalue weighted by Gasteiger charge is 2.39. The van der Waals surface area contributed by atoms with Gasteiger partial charge in [-0.1, -0.05) is 26.0 Å². The maximum atomic E-state index is 12.7. The molecule has 0 aliphatic carbocycles. The number of nitrogens with one attached hydrogen (secondary N) is 3. The molecule has 1 aliphatic heterocycles. The van der Waals surface area contributed by atoms with Gasteiger partial charge >= 0.3 is 0 Å². The molecule has 0 saturated carbocycles. The highest BCUT2D eigenvalue weighted by Crippen LogP contribution is 2.29. The second-order valence-electron chi connectivity index (χ2n) is 6.99. The van der Waals surface area contributed by atoms with E-state index < -0.39 is 5.41 Å². The van der Waals surface area contributed by atoms with Gasteiger partial charge in [-0.3, -0.25) is 9.59 Å². The number of piperidine rings is 1. The second kappa shape index (κ2) is 8.97. The molecule has 1 fully saturated rings. The summed E-state index contributed by atoms with van der Waals surface area (Å²) in [4.78, 5) is 24.4. The fourth-order valence-corrected chi connectivity index (χ4v) is 2.98.